The van der Waals surface area contributed by atoms with Gasteiger partial charge in [0.05, 0.1) is 5.75 Å². The molecular weight excluding hydrogens is 448 g/mol. The Balaban J connectivity index is 2.10. The maximum Gasteiger partial charge on any atom is 0.242 e. The van der Waals surface area contributed by atoms with Crippen LogP contribution in [0.25, 0.3) is 0 Å². The van der Waals surface area contributed by atoms with Crippen molar-refractivity contribution in [3.8, 4) is 0 Å². The lowest BCUT2D eigenvalue weighted by atomic mass is 10.1. The second kappa shape index (κ2) is 12.0. The zero-order valence-electron chi connectivity index (χ0n) is 17.3. The van der Waals surface area contributed by atoms with E-state index in [0.29, 0.717) is 25.3 Å². The molecule has 2 aromatic carbocycles. The van der Waals surface area contributed by atoms with Crippen molar-refractivity contribution in [2.75, 3.05) is 12.3 Å². The maximum atomic E-state index is 13.1. The topological polar surface area (TPSA) is 49.4 Å². The summed E-state index contributed by atoms with van der Waals surface area (Å²) in [5.74, 6) is 1.01. The standard InChI is InChI=1S/C23H29BrN2O2S/c1-4-21(23(28)25-5-2)26(14-19-8-6-7-17(3)13-19)22(27)16-29-15-18-9-11-20(24)12-10-18/h6-13,21H,4-5,14-16H2,1-3H3,(H,25,28)/t21-/m1/s1. The van der Waals surface area contributed by atoms with E-state index in [1.165, 1.54) is 5.56 Å². The summed E-state index contributed by atoms with van der Waals surface area (Å²) in [6, 6.07) is 15.7. The highest BCUT2D eigenvalue weighted by atomic mass is 79.9. The molecule has 0 heterocycles. The lowest BCUT2D eigenvalue weighted by Crippen LogP contribution is -2.49. The number of rotatable bonds is 10. The highest BCUT2D eigenvalue weighted by Gasteiger charge is 2.28. The van der Waals surface area contributed by atoms with Crippen LogP contribution in [-0.4, -0.2) is 35.1 Å². The fraction of sp³-hybridized carbons (Fsp3) is 0.391. The lowest BCUT2D eigenvalue weighted by Gasteiger charge is -2.30. The van der Waals surface area contributed by atoms with Gasteiger partial charge in [-0.1, -0.05) is 64.8 Å². The van der Waals surface area contributed by atoms with Gasteiger partial charge in [0.15, 0.2) is 0 Å². The van der Waals surface area contributed by atoms with Crippen LogP contribution in [-0.2, 0) is 21.9 Å². The second-order valence-electron chi connectivity index (χ2n) is 6.95. The maximum absolute atomic E-state index is 13.1. The summed E-state index contributed by atoms with van der Waals surface area (Å²) in [7, 11) is 0. The summed E-state index contributed by atoms with van der Waals surface area (Å²) in [5, 5.41) is 2.87. The van der Waals surface area contributed by atoms with Gasteiger partial charge < -0.3 is 10.2 Å². The van der Waals surface area contributed by atoms with Gasteiger partial charge >= 0.3 is 0 Å². The molecule has 0 saturated carbocycles. The summed E-state index contributed by atoms with van der Waals surface area (Å²) in [4.78, 5) is 27.4. The molecule has 0 aliphatic heterocycles. The molecule has 1 atom stereocenters. The summed E-state index contributed by atoms with van der Waals surface area (Å²) < 4.78 is 1.04. The van der Waals surface area contributed by atoms with Crippen molar-refractivity contribution in [3.05, 3.63) is 69.7 Å². The molecule has 6 heteroatoms. The number of hydrogen-bond acceptors (Lipinski definition) is 3. The number of nitrogens with zero attached hydrogens (tertiary/aromatic N) is 1. The minimum Gasteiger partial charge on any atom is -0.355 e. The van der Waals surface area contributed by atoms with Crippen LogP contribution in [0, 0.1) is 6.92 Å². The molecule has 4 nitrogen and oxygen atoms in total. The molecule has 1 N–H and O–H groups in total. The summed E-state index contributed by atoms with van der Waals surface area (Å²) in [6.07, 6.45) is 0.584. The minimum atomic E-state index is -0.462. The number of hydrogen-bond donors (Lipinski definition) is 1. The zero-order chi connectivity index (χ0) is 21.2. The molecule has 0 aromatic heterocycles. The number of halogens is 1. The van der Waals surface area contributed by atoms with Gasteiger partial charge in [-0.25, -0.2) is 0 Å². The van der Waals surface area contributed by atoms with Crippen LogP contribution in [0.2, 0.25) is 0 Å². The van der Waals surface area contributed by atoms with Crippen LogP contribution in [0.1, 0.15) is 37.0 Å². The predicted octanol–water partition coefficient (Wildman–Crippen LogP) is 4.93. The summed E-state index contributed by atoms with van der Waals surface area (Å²) in [6.45, 7) is 6.87. The van der Waals surface area contributed by atoms with Crippen molar-refractivity contribution in [1.29, 1.82) is 0 Å². The van der Waals surface area contributed by atoms with Crippen LogP contribution in [0.5, 0.6) is 0 Å². The molecule has 29 heavy (non-hydrogen) atoms. The van der Waals surface area contributed by atoms with E-state index in [1.54, 1.807) is 16.7 Å². The first kappa shape index (κ1) is 23.5. The van der Waals surface area contributed by atoms with Crippen LogP contribution in [0.3, 0.4) is 0 Å². The Hall–Kier alpha value is -1.79. The van der Waals surface area contributed by atoms with E-state index in [-0.39, 0.29) is 11.8 Å². The van der Waals surface area contributed by atoms with E-state index in [4.69, 9.17) is 0 Å². The largest absolute Gasteiger partial charge is 0.355 e. The third-order valence-corrected chi connectivity index (χ3v) is 6.10. The first-order valence-electron chi connectivity index (χ1n) is 9.89. The Morgan fingerprint density at radius 1 is 1.10 bits per heavy atom. The van der Waals surface area contributed by atoms with E-state index >= 15 is 0 Å². The smallest absolute Gasteiger partial charge is 0.242 e. The van der Waals surface area contributed by atoms with Gasteiger partial charge in [-0.05, 0) is 43.5 Å². The van der Waals surface area contributed by atoms with Crippen molar-refractivity contribution in [2.45, 2.75) is 45.5 Å². The first-order valence-corrected chi connectivity index (χ1v) is 11.8. The van der Waals surface area contributed by atoms with Gasteiger partial charge in [0.1, 0.15) is 6.04 Å². The first-order chi connectivity index (χ1) is 13.9. The van der Waals surface area contributed by atoms with Crippen molar-refractivity contribution >= 4 is 39.5 Å². The van der Waals surface area contributed by atoms with Gasteiger partial charge in [0.2, 0.25) is 11.8 Å². The molecule has 2 rings (SSSR count). The van der Waals surface area contributed by atoms with Crippen molar-refractivity contribution in [3.63, 3.8) is 0 Å². The minimum absolute atomic E-state index is 0.00767. The quantitative estimate of drug-likeness (QED) is 0.528. The number of likely N-dealkylation sites (N-methyl/N-ethyl adjacent to an activating group) is 1. The van der Waals surface area contributed by atoms with E-state index in [0.717, 1.165) is 21.4 Å². The molecule has 2 aromatic rings. The lowest BCUT2D eigenvalue weighted by molar-refractivity contribution is -0.139. The van der Waals surface area contributed by atoms with Gasteiger partial charge in [0, 0.05) is 23.3 Å². The molecule has 0 fully saturated rings. The number of aryl methyl sites for hydroxylation is 1. The van der Waals surface area contributed by atoms with Crippen molar-refractivity contribution in [2.24, 2.45) is 0 Å². The molecular formula is C23H29BrN2O2S. The van der Waals surface area contributed by atoms with Gasteiger partial charge in [0.25, 0.3) is 0 Å². The van der Waals surface area contributed by atoms with Gasteiger partial charge in [-0.15, -0.1) is 11.8 Å². The number of amides is 2. The average molecular weight is 477 g/mol. The number of carbonyl (C=O) groups excluding carboxylic acids is 2. The normalized spacial score (nSPS) is 11.7. The third-order valence-electron chi connectivity index (χ3n) is 4.58. The summed E-state index contributed by atoms with van der Waals surface area (Å²) >= 11 is 5.01. The fourth-order valence-electron chi connectivity index (χ4n) is 3.14. The molecule has 0 spiro atoms. The molecule has 2 amide bonds. The number of thioether (sulfide) groups is 1. The molecule has 0 radical (unpaired) electrons. The van der Waals surface area contributed by atoms with Crippen LogP contribution in [0.4, 0.5) is 0 Å². The van der Waals surface area contributed by atoms with Crippen LogP contribution < -0.4 is 5.32 Å². The average Bonchev–Trinajstić information content (AvgIpc) is 2.69. The molecule has 0 aliphatic carbocycles. The van der Waals surface area contributed by atoms with E-state index in [9.17, 15) is 9.59 Å². The number of carbonyl (C=O) groups is 2. The number of nitrogens with one attached hydrogen (secondary N) is 1. The van der Waals surface area contributed by atoms with Crippen molar-refractivity contribution < 1.29 is 9.59 Å². The Morgan fingerprint density at radius 2 is 1.83 bits per heavy atom. The molecule has 0 bridgehead atoms. The van der Waals surface area contributed by atoms with Crippen molar-refractivity contribution in [1.82, 2.24) is 10.2 Å². The Labute approximate surface area is 186 Å². The third kappa shape index (κ3) is 7.52. The van der Waals surface area contributed by atoms with Crippen LogP contribution in [0.15, 0.2) is 53.0 Å². The molecule has 0 unspecified atom stereocenters. The highest BCUT2D eigenvalue weighted by Crippen LogP contribution is 2.19. The zero-order valence-corrected chi connectivity index (χ0v) is 19.7. The fourth-order valence-corrected chi connectivity index (χ4v) is 4.27. The summed E-state index contributed by atoms with van der Waals surface area (Å²) in [5.41, 5.74) is 3.36. The SMILES string of the molecule is CCNC(=O)[C@@H](CC)N(Cc1cccc(C)c1)C(=O)CSCc1ccc(Br)cc1. The Kier molecular flexibility index (Phi) is 9.74. The van der Waals surface area contributed by atoms with Gasteiger partial charge in [-0.2, -0.15) is 0 Å². The van der Waals surface area contributed by atoms with Gasteiger partial charge in [-0.3, -0.25) is 9.59 Å². The molecule has 0 saturated heterocycles. The highest BCUT2D eigenvalue weighted by molar-refractivity contribution is 9.10. The molecule has 156 valence electrons. The van der Waals surface area contributed by atoms with E-state index < -0.39 is 6.04 Å². The predicted molar refractivity (Wildman–Crippen MR) is 125 cm³/mol. The van der Waals surface area contributed by atoms with E-state index in [2.05, 4.69) is 39.4 Å². The number of benzene rings is 2. The Bertz CT molecular complexity index is 811. The monoisotopic (exact) mass is 476 g/mol. The van der Waals surface area contributed by atoms with Crippen LogP contribution >= 0.6 is 27.7 Å². The van der Waals surface area contributed by atoms with E-state index in [1.807, 2.05) is 51.1 Å². The Morgan fingerprint density at radius 3 is 2.45 bits per heavy atom. The molecule has 0 aliphatic rings. The second-order valence-corrected chi connectivity index (χ2v) is 8.85.